The van der Waals surface area contributed by atoms with Crippen LogP contribution in [0.1, 0.15) is 40.0 Å². The zero-order chi connectivity index (χ0) is 16.4. The molecule has 0 amide bonds. The Morgan fingerprint density at radius 1 is 1.13 bits per heavy atom. The van der Waals surface area contributed by atoms with Crippen molar-refractivity contribution in [1.29, 1.82) is 0 Å². The Morgan fingerprint density at radius 2 is 1.87 bits per heavy atom. The van der Waals surface area contributed by atoms with E-state index in [9.17, 15) is 4.79 Å². The van der Waals surface area contributed by atoms with Crippen LogP contribution < -0.4 is 10.1 Å². The molecule has 0 bridgehead atoms. The molecule has 4 nitrogen and oxygen atoms in total. The van der Waals surface area contributed by atoms with E-state index in [1.807, 2.05) is 30.3 Å². The summed E-state index contributed by atoms with van der Waals surface area (Å²) in [7, 11) is 3.08. The average molecular weight is 311 g/mol. The number of hydrogen-bond donors (Lipinski definition) is 1. The zero-order valence-electron chi connectivity index (χ0n) is 13.6. The van der Waals surface area contributed by atoms with Gasteiger partial charge in [-0.05, 0) is 54.3 Å². The van der Waals surface area contributed by atoms with E-state index >= 15 is 0 Å². The Bertz CT molecular complexity index is 709. The van der Waals surface area contributed by atoms with Crippen molar-refractivity contribution >= 4 is 5.97 Å². The standard InChI is InChI=1S/C19H21NO3/c1-12-10-15-11-16(22-2)8-9-17(15)18(20-12)13-4-6-14(7-5-13)19(21)23-3/h4-9,11-12,18,20H,10H2,1-3H3/t12-,18-/m0/s1. The number of carbonyl (C=O) groups excluding carboxylic acids is 1. The summed E-state index contributed by atoms with van der Waals surface area (Å²) in [5.41, 5.74) is 4.26. The smallest absolute Gasteiger partial charge is 0.337 e. The molecule has 0 aromatic heterocycles. The lowest BCUT2D eigenvalue weighted by atomic mass is 9.87. The lowest BCUT2D eigenvalue weighted by Crippen LogP contribution is -2.37. The topological polar surface area (TPSA) is 47.6 Å². The fourth-order valence-corrected chi connectivity index (χ4v) is 3.14. The highest BCUT2D eigenvalue weighted by Crippen LogP contribution is 2.33. The fourth-order valence-electron chi connectivity index (χ4n) is 3.14. The number of nitrogens with one attached hydrogen (secondary N) is 1. The number of fused-ring (bicyclic) bond motifs is 1. The van der Waals surface area contributed by atoms with Crippen LogP contribution in [-0.2, 0) is 11.2 Å². The van der Waals surface area contributed by atoms with Crippen molar-refractivity contribution in [2.75, 3.05) is 14.2 Å². The quantitative estimate of drug-likeness (QED) is 0.885. The third kappa shape index (κ3) is 3.08. The van der Waals surface area contributed by atoms with Crippen LogP contribution in [0.4, 0.5) is 0 Å². The van der Waals surface area contributed by atoms with E-state index in [0.29, 0.717) is 11.6 Å². The Balaban J connectivity index is 1.96. The van der Waals surface area contributed by atoms with Crippen molar-refractivity contribution in [2.45, 2.75) is 25.4 Å². The molecule has 1 aliphatic heterocycles. The van der Waals surface area contributed by atoms with Crippen molar-refractivity contribution in [3.63, 3.8) is 0 Å². The number of rotatable bonds is 3. The zero-order valence-corrected chi connectivity index (χ0v) is 13.6. The van der Waals surface area contributed by atoms with E-state index in [2.05, 4.69) is 24.4 Å². The number of ether oxygens (including phenoxy) is 2. The Kier molecular flexibility index (Phi) is 4.35. The molecule has 3 rings (SSSR count). The lowest BCUT2D eigenvalue weighted by Gasteiger charge is -2.32. The van der Waals surface area contributed by atoms with Gasteiger partial charge in [0.25, 0.3) is 0 Å². The summed E-state index contributed by atoms with van der Waals surface area (Å²) in [4.78, 5) is 11.6. The van der Waals surface area contributed by atoms with Gasteiger partial charge in [-0.1, -0.05) is 18.2 Å². The van der Waals surface area contributed by atoms with E-state index in [4.69, 9.17) is 9.47 Å². The first-order valence-electron chi connectivity index (χ1n) is 7.73. The highest BCUT2D eigenvalue weighted by Gasteiger charge is 2.25. The van der Waals surface area contributed by atoms with Crippen LogP contribution in [0, 0.1) is 0 Å². The second-order valence-corrected chi connectivity index (χ2v) is 5.88. The van der Waals surface area contributed by atoms with Gasteiger partial charge < -0.3 is 14.8 Å². The first-order chi connectivity index (χ1) is 11.1. The average Bonchev–Trinajstić information content (AvgIpc) is 2.59. The monoisotopic (exact) mass is 311 g/mol. The van der Waals surface area contributed by atoms with Crippen LogP contribution >= 0.6 is 0 Å². The minimum Gasteiger partial charge on any atom is -0.497 e. The molecule has 4 heteroatoms. The van der Waals surface area contributed by atoms with E-state index < -0.39 is 0 Å². The minimum atomic E-state index is -0.313. The molecule has 0 aliphatic carbocycles. The highest BCUT2D eigenvalue weighted by atomic mass is 16.5. The van der Waals surface area contributed by atoms with Crippen LogP contribution in [0.15, 0.2) is 42.5 Å². The van der Waals surface area contributed by atoms with E-state index in [-0.39, 0.29) is 12.0 Å². The summed E-state index contributed by atoms with van der Waals surface area (Å²) in [5, 5.41) is 3.63. The van der Waals surface area contributed by atoms with Crippen LogP contribution in [0.5, 0.6) is 5.75 Å². The fraction of sp³-hybridized carbons (Fsp3) is 0.316. The summed E-state index contributed by atoms with van der Waals surface area (Å²) in [5.74, 6) is 0.573. The number of methoxy groups -OCH3 is 2. The molecule has 1 N–H and O–H groups in total. The first kappa shape index (κ1) is 15.6. The number of carbonyl (C=O) groups is 1. The molecular weight excluding hydrogens is 290 g/mol. The molecule has 2 atom stereocenters. The van der Waals surface area contributed by atoms with Crippen molar-refractivity contribution < 1.29 is 14.3 Å². The van der Waals surface area contributed by atoms with Gasteiger partial charge >= 0.3 is 5.97 Å². The van der Waals surface area contributed by atoms with Gasteiger partial charge in [0.1, 0.15) is 5.75 Å². The number of hydrogen-bond acceptors (Lipinski definition) is 4. The van der Waals surface area contributed by atoms with Gasteiger partial charge in [-0.3, -0.25) is 0 Å². The lowest BCUT2D eigenvalue weighted by molar-refractivity contribution is 0.0600. The van der Waals surface area contributed by atoms with Gasteiger partial charge in [0.05, 0.1) is 25.8 Å². The minimum absolute atomic E-state index is 0.117. The van der Waals surface area contributed by atoms with Crippen molar-refractivity contribution in [2.24, 2.45) is 0 Å². The maximum atomic E-state index is 11.6. The Morgan fingerprint density at radius 3 is 2.52 bits per heavy atom. The maximum absolute atomic E-state index is 11.6. The van der Waals surface area contributed by atoms with Crippen LogP contribution in [-0.4, -0.2) is 26.2 Å². The van der Waals surface area contributed by atoms with Gasteiger partial charge in [-0.2, -0.15) is 0 Å². The molecule has 1 aliphatic rings. The third-order valence-corrected chi connectivity index (χ3v) is 4.30. The largest absolute Gasteiger partial charge is 0.497 e. The van der Waals surface area contributed by atoms with Gasteiger partial charge in [0.15, 0.2) is 0 Å². The van der Waals surface area contributed by atoms with Crippen molar-refractivity contribution in [3.8, 4) is 5.75 Å². The molecule has 0 saturated carbocycles. The molecule has 23 heavy (non-hydrogen) atoms. The Hall–Kier alpha value is -2.33. The molecule has 1 heterocycles. The molecule has 2 aromatic rings. The first-order valence-corrected chi connectivity index (χ1v) is 7.73. The van der Waals surface area contributed by atoms with Gasteiger partial charge in [-0.25, -0.2) is 4.79 Å². The molecular formula is C19H21NO3. The molecule has 2 aromatic carbocycles. The van der Waals surface area contributed by atoms with E-state index in [1.54, 1.807) is 7.11 Å². The predicted octanol–water partition coefficient (Wildman–Crippen LogP) is 3.11. The second-order valence-electron chi connectivity index (χ2n) is 5.88. The third-order valence-electron chi connectivity index (χ3n) is 4.30. The number of benzene rings is 2. The van der Waals surface area contributed by atoms with Crippen molar-refractivity contribution in [3.05, 3.63) is 64.7 Å². The summed E-state index contributed by atoms with van der Waals surface area (Å²) >= 11 is 0. The molecule has 0 unspecified atom stereocenters. The van der Waals surface area contributed by atoms with Gasteiger partial charge in [0.2, 0.25) is 0 Å². The summed E-state index contributed by atoms with van der Waals surface area (Å²) < 4.78 is 10.1. The maximum Gasteiger partial charge on any atom is 0.337 e. The highest BCUT2D eigenvalue weighted by molar-refractivity contribution is 5.89. The molecule has 0 saturated heterocycles. The number of esters is 1. The summed E-state index contributed by atoms with van der Waals surface area (Å²) in [6.45, 7) is 2.18. The van der Waals surface area contributed by atoms with Gasteiger partial charge in [0, 0.05) is 6.04 Å². The van der Waals surface area contributed by atoms with Crippen molar-refractivity contribution in [1.82, 2.24) is 5.32 Å². The summed E-state index contributed by atoms with van der Waals surface area (Å²) in [6.07, 6.45) is 0.975. The van der Waals surface area contributed by atoms with Gasteiger partial charge in [-0.15, -0.1) is 0 Å². The summed E-state index contributed by atoms with van der Waals surface area (Å²) in [6, 6.07) is 14.3. The second kappa shape index (κ2) is 6.42. The van der Waals surface area contributed by atoms with Crippen LogP contribution in [0.25, 0.3) is 0 Å². The van der Waals surface area contributed by atoms with Crippen LogP contribution in [0.3, 0.4) is 0 Å². The van der Waals surface area contributed by atoms with E-state index in [1.165, 1.54) is 18.2 Å². The predicted molar refractivity (Wildman–Crippen MR) is 88.9 cm³/mol. The molecule has 0 radical (unpaired) electrons. The Labute approximate surface area is 136 Å². The van der Waals surface area contributed by atoms with Crippen LogP contribution in [0.2, 0.25) is 0 Å². The normalized spacial score (nSPS) is 19.8. The molecule has 0 spiro atoms. The molecule has 0 fully saturated rings. The molecule has 120 valence electrons. The van der Waals surface area contributed by atoms with E-state index in [0.717, 1.165) is 17.7 Å². The SMILES string of the molecule is COC(=O)c1ccc([C@@H]2N[C@@H](C)Cc3cc(OC)ccc32)cc1.